The summed E-state index contributed by atoms with van der Waals surface area (Å²) in [7, 11) is 1.93. The molecule has 4 heteroatoms. The summed E-state index contributed by atoms with van der Waals surface area (Å²) in [5.74, 6) is 0.562. The monoisotopic (exact) mass is 294 g/mol. The van der Waals surface area contributed by atoms with Crippen molar-refractivity contribution in [2.24, 2.45) is 0 Å². The van der Waals surface area contributed by atoms with Crippen LogP contribution in [0.3, 0.4) is 0 Å². The number of nitrogens with zero attached hydrogens (tertiary/aromatic N) is 1. The smallest absolute Gasteiger partial charge is 0.0927 e. The molecule has 0 aliphatic heterocycles. The van der Waals surface area contributed by atoms with Gasteiger partial charge in [-0.2, -0.15) is 0 Å². The summed E-state index contributed by atoms with van der Waals surface area (Å²) in [5.41, 5.74) is 3.02. The van der Waals surface area contributed by atoms with E-state index >= 15 is 0 Å². The average Bonchev–Trinajstić information content (AvgIpc) is 2.96. The number of halogens is 2. The number of pyridine rings is 1. The van der Waals surface area contributed by atoms with Crippen LogP contribution < -0.4 is 5.32 Å². The second-order valence-corrected chi connectivity index (χ2v) is 5.87. The number of benzene rings is 1. The first-order chi connectivity index (χ1) is 9.20. The van der Waals surface area contributed by atoms with E-state index in [2.05, 4.69) is 11.4 Å². The molecule has 19 heavy (non-hydrogen) atoms. The van der Waals surface area contributed by atoms with Gasteiger partial charge in [0.05, 0.1) is 15.6 Å². The molecular formula is C15H16Cl2N2. The molecule has 3 rings (SSSR count). The first-order valence-corrected chi connectivity index (χ1v) is 7.42. The van der Waals surface area contributed by atoms with E-state index in [1.54, 1.807) is 0 Å². The first-order valence-electron chi connectivity index (χ1n) is 6.67. The Hall–Kier alpha value is -0.990. The molecule has 0 amide bonds. The van der Waals surface area contributed by atoms with E-state index in [0.29, 0.717) is 16.0 Å². The number of rotatable bonds is 2. The Balaban J connectivity index is 2.22. The maximum atomic E-state index is 6.31. The van der Waals surface area contributed by atoms with E-state index in [0.717, 1.165) is 22.3 Å². The molecule has 0 saturated heterocycles. The van der Waals surface area contributed by atoms with Crippen molar-refractivity contribution in [2.75, 3.05) is 12.4 Å². The fraction of sp³-hybridized carbons (Fsp3) is 0.400. The molecular weight excluding hydrogens is 279 g/mol. The minimum atomic E-state index is 0.551. The SMILES string of the molecule is CNc1cc(C2CCCC2)nc2c(Cl)c(Cl)ccc12. The van der Waals surface area contributed by atoms with Crippen molar-refractivity contribution in [3.8, 4) is 0 Å². The van der Waals surface area contributed by atoms with Crippen molar-refractivity contribution in [1.82, 2.24) is 4.98 Å². The molecule has 1 fully saturated rings. The minimum Gasteiger partial charge on any atom is -0.388 e. The molecule has 1 saturated carbocycles. The maximum absolute atomic E-state index is 6.31. The van der Waals surface area contributed by atoms with Crippen LogP contribution in [-0.4, -0.2) is 12.0 Å². The van der Waals surface area contributed by atoms with E-state index in [1.165, 1.54) is 25.7 Å². The van der Waals surface area contributed by atoms with Crippen molar-refractivity contribution in [1.29, 1.82) is 0 Å². The molecule has 0 bridgehead atoms. The van der Waals surface area contributed by atoms with Gasteiger partial charge in [0.15, 0.2) is 0 Å². The van der Waals surface area contributed by atoms with Crippen molar-refractivity contribution < 1.29 is 0 Å². The highest BCUT2D eigenvalue weighted by Crippen LogP contribution is 2.38. The van der Waals surface area contributed by atoms with Crippen LogP contribution in [0, 0.1) is 0 Å². The van der Waals surface area contributed by atoms with E-state index in [-0.39, 0.29) is 0 Å². The third kappa shape index (κ3) is 2.28. The number of hydrogen-bond acceptors (Lipinski definition) is 2. The van der Waals surface area contributed by atoms with Gasteiger partial charge in [-0.1, -0.05) is 36.0 Å². The minimum absolute atomic E-state index is 0.551. The molecule has 1 aliphatic carbocycles. The summed E-state index contributed by atoms with van der Waals surface area (Å²) in [6.07, 6.45) is 5.03. The molecule has 0 atom stereocenters. The van der Waals surface area contributed by atoms with Gasteiger partial charge < -0.3 is 5.32 Å². The zero-order valence-corrected chi connectivity index (χ0v) is 12.4. The summed E-state index contributed by atoms with van der Waals surface area (Å²) in [5, 5.41) is 5.38. The molecule has 0 spiro atoms. The Morgan fingerprint density at radius 3 is 2.63 bits per heavy atom. The zero-order valence-electron chi connectivity index (χ0n) is 10.8. The largest absolute Gasteiger partial charge is 0.388 e. The quantitative estimate of drug-likeness (QED) is 0.819. The number of aromatic nitrogens is 1. The highest BCUT2D eigenvalue weighted by Gasteiger charge is 2.20. The zero-order chi connectivity index (χ0) is 13.4. The van der Waals surface area contributed by atoms with Gasteiger partial charge in [0, 0.05) is 29.7 Å². The Kier molecular flexibility index (Phi) is 3.55. The van der Waals surface area contributed by atoms with Crippen LogP contribution in [0.4, 0.5) is 5.69 Å². The van der Waals surface area contributed by atoms with Crippen LogP contribution in [-0.2, 0) is 0 Å². The summed E-state index contributed by atoms with van der Waals surface area (Å²) in [6.45, 7) is 0. The molecule has 1 heterocycles. The van der Waals surface area contributed by atoms with Gasteiger partial charge in [-0.05, 0) is 31.0 Å². The van der Waals surface area contributed by atoms with E-state index < -0.39 is 0 Å². The van der Waals surface area contributed by atoms with Crippen LogP contribution in [0.1, 0.15) is 37.3 Å². The van der Waals surface area contributed by atoms with Gasteiger partial charge >= 0.3 is 0 Å². The van der Waals surface area contributed by atoms with Crippen LogP contribution in [0.2, 0.25) is 10.0 Å². The highest BCUT2D eigenvalue weighted by atomic mass is 35.5. The van der Waals surface area contributed by atoms with E-state index in [4.69, 9.17) is 28.2 Å². The summed E-state index contributed by atoms with van der Waals surface area (Å²) in [6, 6.07) is 5.95. The van der Waals surface area contributed by atoms with E-state index in [9.17, 15) is 0 Å². The second-order valence-electron chi connectivity index (χ2n) is 5.08. The van der Waals surface area contributed by atoms with Gasteiger partial charge in [0.25, 0.3) is 0 Å². The molecule has 1 aromatic heterocycles. The van der Waals surface area contributed by atoms with Crippen molar-refractivity contribution in [3.63, 3.8) is 0 Å². The van der Waals surface area contributed by atoms with Gasteiger partial charge in [-0.25, -0.2) is 0 Å². The lowest BCUT2D eigenvalue weighted by Gasteiger charge is -2.14. The number of anilines is 1. The van der Waals surface area contributed by atoms with Crippen molar-refractivity contribution in [3.05, 3.63) is 33.9 Å². The lowest BCUT2D eigenvalue weighted by molar-refractivity contribution is 0.701. The summed E-state index contributed by atoms with van der Waals surface area (Å²) in [4.78, 5) is 4.77. The average molecular weight is 295 g/mol. The van der Waals surface area contributed by atoms with Crippen LogP contribution in [0.5, 0.6) is 0 Å². The predicted molar refractivity (Wildman–Crippen MR) is 82.5 cm³/mol. The molecule has 0 radical (unpaired) electrons. The van der Waals surface area contributed by atoms with Crippen LogP contribution in [0.25, 0.3) is 10.9 Å². The highest BCUT2D eigenvalue weighted by molar-refractivity contribution is 6.45. The fourth-order valence-electron chi connectivity index (χ4n) is 2.89. The van der Waals surface area contributed by atoms with E-state index in [1.807, 2.05) is 19.2 Å². The van der Waals surface area contributed by atoms with Crippen molar-refractivity contribution in [2.45, 2.75) is 31.6 Å². The Morgan fingerprint density at radius 1 is 1.21 bits per heavy atom. The lowest BCUT2D eigenvalue weighted by Crippen LogP contribution is -2.00. The fourth-order valence-corrected chi connectivity index (χ4v) is 3.25. The lowest BCUT2D eigenvalue weighted by atomic mass is 10.0. The summed E-state index contributed by atoms with van der Waals surface area (Å²) >= 11 is 12.4. The maximum Gasteiger partial charge on any atom is 0.0927 e. The number of hydrogen-bond donors (Lipinski definition) is 1. The molecule has 2 nitrogen and oxygen atoms in total. The van der Waals surface area contributed by atoms with Gasteiger partial charge in [0.2, 0.25) is 0 Å². The van der Waals surface area contributed by atoms with Gasteiger partial charge in [0.1, 0.15) is 0 Å². The van der Waals surface area contributed by atoms with Crippen LogP contribution >= 0.6 is 23.2 Å². The molecule has 1 aromatic carbocycles. The Labute approximate surface area is 123 Å². The molecule has 2 aromatic rings. The topological polar surface area (TPSA) is 24.9 Å². The second kappa shape index (κ2) is 5.18. The van der Waals surface area contributed by atoms with Gasteiger partial charge in [-0.3, -0.25) is 4.98 Å². The molecule has 100 valence electrons. The molecule has 1 aliphatic rings. The normalized spacial score (nSPS) is 16.2. The summed E-state index contributed by atoms with van der Waals surface area (Å²) < 4.78 is 0. The first kappa shape index (κ1) is 13.0. The Bertz CT molecular complexity index is 619. The van der Waals surface area contributed by atoms with Crippen molar-refractivity contribution >= 4 is 39.8 Å². The Morgan fingerprint density at radius 2 is 1.95 bits per heavy atom. The molecule has 1 N–H and O–H groups in total. The van der Waals surface area contributed by atoms with Crippen LogP contribution in [0.15, 0.2) is 18.2 Å². The third-order valence-corrected chi connectivity index (χ3v) is 4.73. The third-order valence-electron chi connectivity index (χ3n) is 3.94. The number of fused-ring (bicyclic) bond motifs is 1. The predicted octanol–water partition coefficient (Wildman–Crippen LogP) is 5.24. The molecule has 0 unspecified atom stereocenters. The number of nitrogens with one attached hydrogen (secondary N) is 1. The van der Waals surface area contributed by atoms with Gasteiger partial charge in [-0.15, -0.1) is 0 Å². The standard InChI is InChI=1S/C15H16Cl2N2/c1-18-13-8-12(9-4-2-3-5-9)19-15-10(13)6-7-11(16)14(15)17/h6-9H,2-5H2,1H3,(H,18,19).